The van der Waals surface area contributed by atoms with Gasteiger partial charge in [-0.3, -0.25) is 0 Å². The van der Waals surface area contributed by atoms with Crippen molar-refractivity contribution in [3.8, 4) is 0 Å². The maximum absolute atomic E-state index is 10.3. The van der Waals surface area contributed by atoms with Crippen molar-refractivity contribution in [1.29, 1.82) is 0 Å². The molecule has 0 aromatic carbocycles. The Morgan fingerprint density at radius 1 is 1.06 bits per heavy atom. The van der Waals surface area contributed by atoms with Crippen molar-refractivity contribution in [2.75, 3.05) is 0 Å². The third-order valence-electron chi connectivity index (χ3n) is 3.85. The minimum Gasteiger partial charge on any atom is -0.211 e. The molecule has 1 spiro atoms. The Balaban J connectivity index is 2.17. The molecule has 0 heterocycles. The van der Waals surface area contributed by atoms with Crippen LogP contribution in [0.15, 0.2) is 9.98 Å². The molecule has 2 fully saturated rings. The van der Waals surface area contributed by atoms with Crippen LogP contribution in [0, 0.1) is 10.8 Å². The average Bonchev–Trinajstić information content (AvgIpc) is 2.75. The number of hydrogen-bond acceptors (Lipinski definition) is 4. The number of hydrogen-bond donors (Lipinski definition) is 0. The second-order valence-corrected chi connectivity index (χ2v) is 5.93. The molecule has 0 radical (unpaired) electrons. The van der Waals surface area contributed by atoms with Crippen molar-refractivity contribution < 1.29 is 9.59 Å². The van der Waals surface area contributed by atoms with Crippen molar-refractivity contribution >= 4 is 12.2 Å². The van der Waals surface area contributed by atoms with E-state index in [-0.39, 0.29) is 22.9 Å². The van der Waals surface area contributed by atoms with E-state index >= 15 is 0 Å². The summed E-state index contributed by atoms with van der Waals surface area (Å²) in [6.07, 6.45) is 7.08. The zero-order valence-electron chi connectivity index (χ0n) is 9.69. The van der Waals surface area contributed by atoms with Crippen LogP contribution in [0.4, 0.5) is 0 Å². The van der Waals surface area contributed by atoms with Crippen LogP contribution in [-0.2, 0) is 9.59 Å². The summed E-state index contributed by atoms with van der Waals surface area (Å²) in [4.78, 5) is 28.3. The minimum absolute atomic E-state index is 0.0492. The average molecular weight is 220 g/mol. The molecule has 2 aliphatic rings. The molecule has 4 heteroatoms. The van der Waals surface area contributed by atoms with E-state index < -0.39 is 0 Å². The van der Waals surface area contributed by atoms with E-state index in [1.807, 2.05) is 0 Å². The van der Waals surface area contributed by atoms with Gasteiger partial charge in [-0.15, -0.1) is 0 Å². The van der Waals surface area contributed by atoms with Gasteiger partial charge in [0.05, 0.1) is 12.1 Å². The first-order valence-corrected chi connectivity index (χ1v) is 5.65. The Kier molecular flexibility index (Phi) is 2.57. The Hall–Kier alpha value is -1.24. The highest BCUT2D eigenvalue weighted by Crippen LogP contribution is 2.62. The molecular weight excluding hydrogens is 204 g/mol. The van der Waals surface area contributed by atoms with E-state index in [4.69, 9.17) is 0 Å². The maximum atomic E-state index is 10.3. The first-order chi connectivity index (χ1) is 7.51. The van der Waals surface area contributed by atoms with Gasteiger partial charge >= 0.3 is 0 Å². The molecule has 0 aliphatic heterocycles. The SMILES string of the molecule is CC1(C)CC(N=C=O)CC2(CC2N=C=O)C1. The monoisotopic (exact) mass is 220 g/mol. The van der Waals surface area contributed by atoms with Crippen molar-refractivity contribution in [1.82, 2.24) is 0 Å². The lowest BCUT2D eigenvalue weighted by Crippen LogP contribution is -2.33. The van der Waals surface area contributed by atoms with Crippen LogP contribution in [0.3, 0.4) is 0 Å². The normalized spacial score (nSPS) is 39.6. The van der Waals surface area contributed by atoms with Crippen LogP contribution in [0.1, 0.15) is 39.5 Å². The lowest BCUT2D eigenvalue weighted by Gasteiger charge is -2.38. The number of rotatable bonds is 2. The quantitative estimate of drug-likeness (QED) is 0.528. The van der Waals surface area contributed by atoms with E-state index in [0.717, 1.165) is 25.7 Å². The molecule has 0 aromatic rings. The number of aliphatic imine (C=N–C) groups is 2. The van der Waals surface area contributed by atoms with E-state index in [2.05, 4.69) is 23.8 Å². The molecule has 3 unspecified atom stereocenters. The summed E-state index contributed by atoms with van der Waals surface area (Å²) in [5.41, 5.74) is 0.264. The predicted molar refractivity (Wildman–Crippen MR) is 58.5 cm³/mol. The van der Waals surface area contributed by atoms with Crippen molar-refractivity contribution in [3.05, 3.63) is 0 Å². The van der Waals surface area contributed by atoms with Crippen LogP contribution < -0.4 is 0 Å². The zero-order valence-corrected chi connectivity index (χ0v) is 9.69. The van der Waals surface area contributed by atoms with Gasteiger partial charge < -0.3 is 0 Å². The van der Waals surface area contributed by atoms with Gasteiger partial charge in [0.15, 0.2) is 0 Å². The molecule has 86 valence electrons. The molecule has 0 bridgehead atoms. The summed E-state index contributed by atoms with van der Waals surface area (Å²) < 4.78 is 0. The molecule has 0 aromatic heterocycles. The molecule has 4 nitrogen and oxygen atoms in total. The first kappa shape index (κ1) is 11.3. The lowest BCUT2D eigenvalue weighted by molar-refractivity contribution is 0.142. The third kappa shape index (κ3) is 1.99. The Morgan fingerprint density at radius 2 is 1.75 bits per heavy atom. The van der Waals surface area contributed by atoms with Gasteiger partial charge in [0.25, 0.3) is 0 Å². The highest BCUT2D eigenvalue weighted by molar-refractivity contribution is 5.37. The number of isocyanates is 2. The van der Waals surface area contributed by atoms with E-state index in [9.17, 15) is 9.59 Å². The smallest absolute Gasteiger partial charge is 0.211 e. The Bertz CT molecular complexity index is 392. The third-order valence-corrected chi connectivity index (χ3v) is 3.85. The van der Waals surface area contributed by atoms with Crippen molar-refractivity contribution in [2.24, 2.45) is 20.8 Å². The second kappa shape index (κ2) is 3.65. The highest BCUT2D eigenvalue weighted by Gasteiger charge is 2.59. The highest BCUT2D eigenvalue weighted by atomic mass is 16.1. The fourth-order valence-electron chi connectivity index (χ4n) is 3.42. The molecule has 2 aliphatic carbocycles. The van der Waals surface area contributed by atoms with Gasteiger partial charge in [0.2, 0.25) is 12.2 Å². The van der Waals surface area contributed by atoms with Gasteiger partial charge in [-0.25, -0.2) is 19.6 Å². The number of nitrogens with zero attached hydrogens (tertiary/aromatic N) is 2. The van der Waals surface area contributed by atoms with Crippen LogP contribution in [0.2, 0.25) is 0 Å². The Labute approximate surface area is 94.9 Å². The largest absolute Gasteiger partial charge is 0.235 e. The first-order valence-electron chi connectivity index (χ1n) is 5.65. The fraction of sp³-hybridized carbons (Fsp3) is 0.833. The van der Waals surface area contributed by atoms with Gasteiger partial charge in [0.1, 0.15) is 0 Å². The predicted octanol–water partition coefficient (Wildman–Crippen LogP) is 2.00. The number of carbonyl (C=O) groups excluding carboxylic acids is 2. The zero-order chi connectivity index (χ0) is 11.8. The summed E-state index contributed by atoms with van der Waals surface area (Å²) in [5.74, 6) is 0. The van der Waals surface area contributed by atoms with Crippen molar-refractivity contribution in [3.63, 3.8) is 0 Å². The lowest BCUT2D eigenvalue weighted by atomic mass is 9.68. The molecule has 16 heavy (non-hydrogen) atoms. The van der Waals surface area contributed by atoms with Crippen LogP contribution in [0.25, 0.3) is 0 Å². The molecule has 2 rings (SSSR count). The van der Waals surface area contributed by atoms with Crippen LogP contribution in [-0.4, -0.2) is 24.2 Å². The van der Waals surface area contributed by atoms with Crippen LogP contribution in [0.5, 0.6) is 0 Å². The minimum atomic E-state index is 0.0492. The van der Waals surface area contributed by atoms with E-state index in [1.54, 1.807) is 12.2 Å². The standard InChI is InChI=1S/C12H16N2O2/c1-11(2)3-9(13-7-15)4-12(6-11)5-10(12)14-8-16/h9-10H,3-6H2,1-2H3. The van der Waals surface area contributed by atoms with E-state index in [1.165, 1.54) is 0 Å². The van der Waals surface area contributed by atoms with Gasteiger partial charge in [-0.05, 0) is 36.5 Å². The van der Waals surface area contributed by atoms with E-state index in [0.29, 0.717) is 0 Å². The summed E-state index contributed by atoms with van der Waals surface area (Å²) >= 11 is 0. The van der Waals surface area contributed by atoms with Gasteiger partial charge in [0, 0.05) is 0 Å². The molecule has 0 N–H and O–H groups in total. The summed E-state index contributed by atoms with van der Waals surface area (Å²) in [6.45, 7) is 4.36. The fourth-order valence-corrected chi connectivity index (χ4v) is 3.42. The summed E-state index contributed by atoms with van der Waals surface area (Å²) in [5, 5.41) is 0. The van der Waals surface area contributed by atoms with Crippen molar-refractivity contribution in [2.45, 2.75) is 51.6 Å². The summed E-state index contributed by atoms with van der Waals surface area (Å²) in [7, 11) is 0. The van der Waals surface area contributed by atoms with Gasteiger partial charge in [-0.2, -0.15) is 0 Å². The topological polar surface area (TPSA) is 58.9 Å². The summed E-state index contributed by atoms with van der Waals surface area (Å²) in [6, 6.07) is 0.155. The molecular formula is C12H16N2O2. The second-order valence-electron chi connectivity index (χ2n) is 5.93. The molecule has 0 saturated heterocycles. The van der Waals surface area contributed by atoms with Crippen LogP contribution >= 0.6 is 0 Å². The van der Waals surface area contributed by atoms with Gasteiger partial charge in [-0.1, -0.05) is 13.8 Å². The molecule has 2 saturated carbocycles. The molecule has 3 atom stereocenters. The Morgan fingerprint density at radius 3 is 2.38 bits per heavy atom. The maximum Gasteiger partial charge on any atom is 0.235 e. The molecule has 0 amide bonds.